The fraction of sp³-hybridized carbons (Fsp3) is 0.500. The van der Waals surface area contributed by atoms with E-state index in [2.05, 4.69) is 17.9 Å². The maximum absolute atomic E-state index is 12.3. The Morgan fingerprint density at radius 2 is 2.00 bits per heavy atom. The molecule has 6 nitrogen and oxygen atoms in total. The van der Waals surface area contributed by atoms with Crippen LogP contribution in [0, 0.1) is 0 Å². The zero-order chi connectivity index (χ0) is 17.2. The van der Waals surface area contributed by atoms with Crippen LogP contribution < -0.4 is 14.8 Å². The summed E-state index contributed by atoms with van der Waals surface area (Å²) in [4.78, 5) is 24.0. The average molecular weight is 341 g/mol. The standard InChI is InChI=1S/C16H23NO5S/c1-4-6-11-13(20-3)8-7-12(15(18)17-9-10-23)14(11)22-16(19)21-5-2/h7-8,23H,4-6,9-10H2,1-3H3,(H,17,18). The smallest absolute Gasteiger partial charge is 0.496 e. The molecule has 1 aromatic rings. The minimum atomic E-state index is -0.846. The molecular weight excluding hydrogens is 318 g/mol. The summed E-state index contributed by atoms with van der Waals surface area (Å²) in [6.07, 6.45) is 0.560. The number of rotatable bonds is 8. The second kappa shape index (κ2) is 9.99. The zero-order valence-electron chi connectivity index (χ0n) is 13.7. The van der Waals surface area contributed by atoms with Crippen LogP contribution in [-0.2, 0) is 11.2 Å². The van der Waals surface area contributed by atoms with E-state index in [1.807, 2.05) is 6.92 Å². The topological polar surface area (TPSA) is 73.9 Å². The van der Waals surface area contributed by atoms with Gasteiger partial charge in [-0.25, -0.2) is 4.79 Å². The average Bonchev–Trinajstić information content (AvgIpc) is 2.54. The number of thiol groups is 1. The van der Waals surface area contributed by atoms with Crippen molar-refractivity contribution in [2.45, 2.75) is 26.7 Å². The molecule has 0 aliphatic rings. The van der Waals surface area contributed by atoms with Crippen LogP contribution in [0.1, 0.15) is 36.2 Å². The Kier molecular flexibility index (Phi) is 8.32. The van der Waals surface area contributed by atoms with Crippen molar-refractivity contribution in [3.05, 3.63) is 23.3 Å². The molecule has 0 heterocycles. The second-order valence-corrected chi connectivity index (χ2v) is 5.08. The molecule has 0 fully saturated rings. The lowest BCUT2D eigenvalue weighted by Crippen LogP contribution is -2.27. The molecule has 0 aliphatic heterocycles. The van der Waals surface area contributed by atoms with Crippen LogP contribution in [0.15, 0.2) is 12.1 Å². The summed E-state index contributed by atoms with van der Waals surface area (Å²) in [5.74, 6) is 0.925. The SMILES string of the molecule is CCCc1c(OC)ccc(C(=O)NCCS)c1OC(=O)OCC. The van der Waals surface area contributed by atoms with Crippen molar-refractivity contribution in [1.29, 1.82) is 0 Å². The molecular formula is C16H23NO5S. The van der Waals surface area contributed by atoms with Gasteiger partial charge in [-0.05, 0) is 25.5 Å². The molecule has 1 amide bonds. The van der Waals surface area contributed by atoms with Gasteiger partial charge in [-0.2, -0.15) is 12.6 Å². The number of nitrogens with one attached hydrogen (secondary N) is 1. The predicted octanol–water partition coefficient (Wildman–Crippen LogP) is 2.84. The first-order valence-corrected chi connectivity index (χ1v) is 8.15. The van der Waals surface area contributed by atoms with Crippen LogP contribution in [0.25, 0.3) is 0 Å². The van der Waals surface area contributed by atoms with E-state index < -0.39 is 6.16 Å². The molecule has 23 heavy (non-hydrogen) atoms. The van der Waals surface area contributed by atoms with Crippen LogP contribution in [0.3, 0.4) is 0 Å². The molecule has 1 rings (SSSR count). The molecule has 0 bridgehead atoms. The second-order valence-electron chi connectivity index (χ2n) is 4.64. The van der Waals surface area contributed by atoms with Crippen molar-refractivity contribution in [2.75, 3.05) is 26.0 Å². The Morgan fingerprint density at radius 3 is 2.57 bits per heavy atom. The molecule has 0 saturated carbocycles. The third-order valence-corrected chi connectivity index (χ3v) is 3.25. The highest BCUT2D eigenvalue weighted by Crippen LogP contribution is 2.34. The van der Waals surface area contributed by atoms with E-state index in [4.69, 9.17) is 14.2 Å². The van der Waals surface area contributed by atoms with E-state index in [1.165, 1.54) is 7.11 Å². The van der Waals surface area contributed by atoms with Crippen molar-refractivity contribution in [3.8, 4) is 11.5 Å². The van der Waals surface area contributed by atoms with E-state index >= 15 is 0 Å². The van der Waals surface area contributed by atoms with Crippen molar-refractivity contribution >= 4 is 24.7 Å². The van der Waals surface area contributed by atoms with Crippen molar-refractivity contribution in [1.82, 2.24) is 5.32 Å². The molecule has 0 aliphatic carbocycles. The summed E-state index contributed by atoms with van der Waals surface area (Å²) in [5, 5.41) is 2.71. The first-order valence-electron chi connectivity index (χ1n) is 7.52. The Balaban J connectivity index is 3.28. The van der Waals surface area contributed by atoms with Crippen LogP contribution in [0.2, 0.25) is 0 Å². The summed E-state index contributed by atoms with van der Waals surface area (Å²) in [5.41, 5.74) is 0.936. The minimum Gasteiger partial charge on any atom is -0.496 e. The number of carbonyl (C=O) groups excluding carboxylic acids is 2. The Labute approximate surface area is 141 Å². The van der Waals surface area contributed by atoms with Gasteiger partial charge in [0.05, 0.1) is 19.3 Å². The number of hydrogen-bond donors (Lipinski definition) is 2. The highest BCUT2D eigenvalue weighted by atomic mass is 32.1. The Morgan fingerprint density at radius 1 is 1.26 bits per heavy atom. The fourth-order valence-electron chi connectivity index (χ4n) is 2.08. The van der Waals surface area contributed by atoms with E-state index in [-0.39, 0.29) is 23.8 Å². The molecule has 128 valence electrons. The maximum atomic E-state index is 12.3. The van der Waals surface area contributed by atoms with Gasteiger partial charge < -0.3 is 19.5 Å². The summed E-state index contributed by atoms with van der Waals surface area (Å²) in [6, 6.07) is 3.26. The van der Waals surface area contributed by atoms with Gasteiger partial charge in [-0.15, -0.1) is 0 Å². The highest BCUT2D eigenvalue weighted by Gasteiger charge is 2.22. The molecule has 0 radical (unpaired) electrons. The van der Waals surface area contributed by atoms with Gasteiger partial charge in [0.15, 0.2) is 5.75 Å². The van der Waals surface area contributed by atoms with Gasteiger partial charge in [0.2, 0.25) is 0 Å². The van der Waals surface area contributed by atoms with Gasteiger partial charge in [-0.1, -0.05) is 13.3 Å². The van der Waals surface area contributed by atoms with Gasteiger partial charge in [-0.3, -0.25) is 4.79 Å². The van der Waals surface area contributed by atoms with Crippen LogP contribution in [0.5, 0.6) is 11.5 Å². The van der Waals surface area contributed by atoms with Crippen LogP contribution in [0.4, 0.5) is 4.79 Å². The quantitative estimate of drug-likeness (QED) is 0.432. The van der Waals surface area contributed by atoms with E-state index in [0.717, 1.165) is 6.42 Å². The molecule has 0 unspecified atom stereocenters. The summed E-state index contributed by atoms with van der Waals surface area (Å²) in [6.45, 7) is 4.27. The monoisotopic (exact) mass is 341 g/mol. The largest absolute Gasteiger partial charge is 0.513 e. The van der Waals surface area contributed by atoms with Gasteiger partial charge in [0.25, 0.3) is 5.91 Å². The molecule has 0 saturated heterocycles. The van der Waals surface area contributed by atoms with Crippen molar-refractivity contribution < 1.29 is 23.8 Å². The number of carbonyl (C=O) groups is 2. The maximum Gasteiger partial charge on any atom is 0.513 e. The highest BCUT2D eigenvalue weighted by molar-refractivity contribution is 7.80. The number of hydrogen-bond acceptors (Lipinski definition) is 6. The molecule has 0 aromatic heterocycles. The normalized spacial score (nSPS) is 10.1. The Hall–Kier alpha value is -1.89. The molecule has 0 spiro atoms. The van der Waals surface area contributed by atoms with Gasteiger partial charge >= 0.3 is 6.16 Å². The number of benzene rings is 1. The Bertz CT molecular complexity index is 548. The summed E-state index contributed by atoms with van der Waals surface area (Å²) in [7, 11) is 1.53. The van der Waals surface area contributed by atoms with E-state index in [0.29, 0.717) is 30.0 Å². The first kappa shape index (κ1) is 19.2. The third-order valence-electron chi connectivity index (χ3n) is 3.03. The molecule has 1 aromatic carbocycles. The lowest BCUT2D eigenvalue weighted by molar-refractivity contribution is 0.0939. The molecule has 7 heteroatoms. The lowest BCUT2D eigenvalue weighted by Gasteiger charge is -2.17. The lowest BCUT2D eigenvalue weighted by atomic mass is 10.0. The van der Waals surface area contributed by atoms with Crippen molar-refractivity contribution in [2.24, 2.45) is 0 Å². The van der Waals surface area contributed by atoms with E-state index in [9.17, 15) is 9.59 Å². The minimum absolute atomic E-state index is 0.182. The molecule has 1 N–H and O–H groups in total. The predicted molar refractivity (Wildman–Crippen MR) is 90.8 cm³/mol. The first-order chi connectivity index (χ1) is 11.1. The zero-order valence-corrected chi connectivity index (χ0v) is 14.6. The summed E-state index contributed by atoms with van der Waals surface area (Å²) < 4.78 is 15.4. The number of ether oxygens (including phenoxy) is 3. The van der Waals surface area contributed by atoms with Crippen molar-refractivity contribution in [3.63, 3.8) is 0 Å². The van der Waals surface area contributed by atoms with Gasteiger partial charge in [0.1, 0.15) is 5.75 Å². The molecule has 0 atom stereocenters. The number of amides is 1. The van der Waals surface area contributed by atoms with Crippen LogP contribution in [-0.4, -0.2) is 38.1 Å². The summed E-state index contributed by atoms with van der Waals surface area (Å²) >= 11 is 4.06. The number of methoxy groups -OCH3 is 1. The van der Waals surface area contributed by atoms with Crippen LogP contribution >= 0.6 is 12.6 Å². The third kappa shape index (κ3) is 5.35. The van der Waals surface area contributed by atoms with Gasteiger partial charge in [0, 0.05) is 17.9 Å². The fourth-order valence-corrected chi connectivity index (χ4v) is 2.19. The van der Waals surface area contributed by atoms with E-state index in [1.54, 1.807) is 19.1 Å².